The van der Waals surface area contributed by atoms with E-state index >= 15 is 0 Å². The van der Waals surface area contributed by atoms with Crippen molar-refractivity contribution in [3.63, 3.8) is 0 Å². The summed E-state index contributed by atoms with van der Waals surface area (Å²) in [6, 6.07) is 14.4. The third-order valence-corrected chi connectivity index (χ3v) is 6.25. The highest BCUT2D eigenvalue weighted by molar-refractivity contribution is 5.92. The maximum Gasteiger partial charge on any atom is 0.573 e. The van der Waals surface area contributed by atoms with Crippen LogP contribution in [0.1, 0.15) is 18.4 Å². The topological polar surface area (TPSA) is 40.6 Å². The lowest BCUT2D eigenvalue weighted by atomic mass is 10.1. The van der Waals surface area contributed by atoms with Gasteiger partial charge < -0.3 is 15.0 Å². The van der Waals surface area contributed by atoms with Gasteiger partial charge in [-0.2, -0.15) is 0 Å². The predicted octanol–water partition coefficient (Wildman–Crippen LogP) is 4.99. The van der Waals surface area contributed by atoms with Crippen LogP contribution in [0.4, 0.5) is 24.5 Å². The largest absolute Gasteiger partial charge is 0.573 e. The summed E-state index contributed by atoms with van der Waals surface area (Å²) in [6.07, 6.45) is -0.567. The first-order valence-electron chi connectivity index (χ1n) is 10.3. The number of rotatable bonds is 5. The number of hydrogen-bond acceptors (Lipinski definition) is 5. The minimum Gasteiger partial charge on any atom is -0.406 e. The van der Waals surface area contributed by atoms with Gasteiger partial charge in [0.2, 0.25) is 0 Å². The van der Waals surface area contributed by atoms with E-state index < -0.39 is 6.36 Å². The maximum atomic E-state index is 12.4. The van der Waals surface area contributed by atoms with Crippen molar-refractivity contribution in [2.75, 3.05) is 30.5 Å². The Kier molecular flexibility index (Phi) is 4.69. The van der Waals surface area contributed by atoms with E-state index in [2.05, 4.69) is 37.0 Å². The number of aromatic nitrogens is 1. The van der Waals surface area contributed by atoms with Crippen molar-refractivity contribution in [2.24, 2.45) is 0 Å². The lowest BCUT2D eigenvalue weighted by Gasteiger charge is -2.23. The molecule has 5 rings (SSSR count). The number of ether oxygens (including phenoxy) is 1. The van der Waals surface area contributed by atoms with E-state index in [0.29, 0.717) is 0 Å². The lowest BCUT2D eigenvalue weighted by Crippen LogP contribution is -2.32. The maximum absolute atomic E-state index is 12.4. The third-order valence-electron chi connectivity index (χ3n) is 6.25. The molecule has 5 nitrogen and oxygen atoms in total. The highest BCUT2D eigenvalue weighted by atomic mass is 19.4. The fourth-order valence-corrected chi connectivity index (χ4v) is 4.51. The molecular weight excluding hydrogens is 405 g/mol. The molecule has 2 fully saturated rings. The predicted molar refractivity (Wildman–Crippen MR) is 114 cm³/mol. The van der Waals surface area contributed by atoms with Crippen molar-refractivity contribution < 1.29 is 17.9 Å². The molecule has 0 unspecified atom stereocenters. The molecule has 0 atom stereocenters. The summed E-state index contributed by atoms with van der Waals surface area (Å²) in [7, 11) is 1.89. The number of halogens is 3. The van der Waals surface area contributed by atoms with Crippen LogP contribution in [-0.2, 0) is 6.54 Å². The van der Waals surface area contributed by atoms with Gasteiger partial charge >= 0.3 is 6.36 Å². The lowest BCUT2D eigenvalue weighted by molar-refractivity contribution is -0.274. The summed E-state index contributed by atoms with van der Waals surface area (Å²) in [4.78, 5) is 9.26. The van der Waals surface area contributed by atoms with Crippen molar-refractivity contribution in [3.05, 3.63) is 60.3 Å². The number of nitrogens with one attached hydrogen (secondary N) is 1. The number of anilines is 2. The van der Waals surface area contributed by atoms with Gasteiger partial charge in [0.1, 0.15) is 5.75 Å². The quantitative estimate of drug-likeness (QED) is 0.620. The van der Waals surface area contributed by atoms with Crippen molar-refractivity contribution >= 4 is 22.3 Å². The number of benzene rings is 2. The normalized spacial score (nSPS) is 18.0. The second-order valence-electron chi connectivity index (χ2n) is 8.23. The standard InChI is InChI=1S/C23H23F3N4O/c1-27-20-4-2-3-19-16(9-12-28-21(19)20)13-30-15-29(14-22(30)10-11-22)17-5-7-18(8-6-17)31-23(24,25)26/h2-9,12,27H,10-11,13-15H2,1H3. The molecular formula is C23H23F3N4O. The second-order valence-corrected chi connectivity index (χ2v) is 8.23. The fraction of sp³-hybridized carbons (Fsp3) is 0.348. The van der Waals surface area contributed by atoms with Crippen molar-refractivity contribution in [1.29, 1.82) is 0 Å². The van der Waals surface area contributed by atoms with Crippen LogP contribution < -0.4 is 15.0 Å². The number of para-hydroxylation sites is 1. The van der Waals surface area contributed by atoms with Gasteiger partial charge in [-0.3, -0.25) is 9.88 Å². The van der Waals surface area contributed by atoms with Gasteiger partial charge in [-0.1, -0.05) is 12.1 Å². The molecule has 1 saturated carbocycles. The zero-order chi connectivity index (χ0) is 21.6. The van der Waals surface area contributed by atoms with Gasteiger partial charge in [0.15, 0.2) is 0 Å². The van der Waals surface area contributed by atoms with Crippen molar-refractivity contribution in [2.45, 2.75) is 31.3 Å². The molecule has 1 aliphatic carbocycles. The molecule has 1 saturated heterocycles. The van der Waals surface area contributed by atoms with Gasteiger partial charge in [-0.25, -0.2) is 0 Å². The summed E-state index contributed by atoms with van der Waals surface area (Å²) in [5.41, 5.74) is 4.23. The first-order valence-corrected chi connectivity index (χ1v) is 10.3. The average Bonchev–Trinajstić information content (AvgIpc) is 3.43. The highest BCUT2D eigenvalue weighted by Gasteiger charge is 2.53. The van der Waals surface area contributed by atoms with Crippen LogP contribution in [0.2, 0.25) is 0 Å². The van der Waals surface area contributed by atoms with E-state index in [1.165, 1.54) is 17.7 Å². The molecule has 3 aromatic rings. The van der Waals surface area contributed by atoms with Gasteiger partial charge in [0.05, 0.1) is 17.9 Å². The number of nitrogens with zero attached hydrogens (tertiary/aromatic N) is 3. The molecule has 0 bridgehead atoms. The molecule has 0 amide bonds. The van der Waals surface area contributed by atoms with E-state index in [0.717, 1.165) is 54.9 Å². The van der Waals surface area contributed by atoms with E-state index in [9.17, 15) is 13.2 Å². The van der Waals surface area contributed by atoms with Gasteiger partial charge in [0, 0.05) is 42.9 Å². The molecule has 2 aliphatic rings. The molecule has 1 aliphatic heterocycles. The molecule has 2 heterocycles. The van der Waals surface area contributed by atoms with Crippen LogP contribution >= 0.6 is 0 Å². The molecule has 162 valence electrons. The van der Waals surface area contributed by atoms with Crippen LogP contribution in [-0.4, -0.2) is 42.0 Å². The number of fused-ring (bicyclic) bond motifs is 1. The zero-order valence-corrected chi connectivity index (χ0v) is 17.1. The highest BCUT2D eigenvalue weighted by Crippen LogP contribution is 2.48. The van der Waals surface area contributed by atoms with E-state index in [-0.39, 0.29) is 11.3 Å². The Morgan fingerprint density at radius 3 is 2.55 bits per heavy atom. The van der Waals surface area contributed by atoms with Gasteiger partial charge in [-0.15, -0.1) is 13.2 Å². The van der Waals surface area contributed by atoms with E-state index in [1.54, 1.807) is 12.1 Å². The Morgan fingerprint density at radius 1 is 1.10 bits per heavy atom. The Bertz CT molecular complexity index is 1100. The van der Waals surface area contributed by atoms with Crippen LogP contribution in [0.15, 0.2) is 54.7 Å². The number of alkyl halides is 3. The molecule has 31 heavy (non-hydrogen) atoms. The monoisotopic (exact) mass is 428 g/mol. The molecule has 1 N–H and O–H groups in total. The Morgan fingerprint density at radius 2 is 1.87 bits per heavy atom. The summed E-state index contributed by atoms with van der Waals surface area (Å²) >= 11 is 0. The van der Waals surface area contributed by atoms with E-state index in [4.69, 9.17) is 0 Å². The second kappa shape index (κ2) is 7.30. The number of hydrogen-bond donors (Lipinski definition) is 1. The summed E-state index contributed by atoms with van der Waals surface area (Å²) in [5, 5.41) is 4.34. The first kappa shape index (κ1) is 19.9. The summed E-state index contributed by atoms with van der Waals surface area (Å²) < 4.78 is 41.3. The number of pyridine rings is 1. The minimum absolute atomic E-state index is 0.136. The molecule has 8 heteroatoms. The molecule has 1 aromatic heterocycles. The van der Waals surface area contributed by atoms with Crippen LogP contribution in [0.3, 0.4) is 0 Å². The smallest absolute Gasteiger partial charge is 0.406 e. The Balaban J connectivity index is 1.36. The van der Waals surface area contributed by atoms with Crippen LogP contribution in [0.5, 0.6) is 5.75 Å². The van der Waals surface area contributed by atoms with Gasteiger partial charge in [-0.05, 0) is 54.8 Å². The van der Waals surface area contributed by atoms with Crippen molar-refractivity contribution in [3.8, 4) is 5.75 Å². The third kappa shape index (κ3) is 3.87. The Hall–Kier alpha value is -3.00. The fourth-order valence-electron chi connectivity index (χ4n) is 4.51. The average molecular weight is 428 g/mol. The molecule has 2 aromatic carbocycles. The van der Waals surface area contributed by atoms with E-state index in [1.807, 2.05) is 25.4 Å². The summed E-state index contributed by atoms with van der Waals surface area (Å²) in [6.45, 7) is 2.41. The SMILES string of the molecule is CNc1cccc2c(CN3CN(c4ccc(OC(F)(F)F)cc4)CC34CC4)ccnc12. The minimum atomic E-state index is -4.68. The summed E-state index contributed by atoms with van der Waals surface area (Å²) in [5.74, 6) is -0.197. The Labute approximate surface area is 178 Å². The van der Waals surface area contributed by atoms with Crippen LogP contribution in [0, 0.1) is 0 Å². The van der Waals surface area contributed by atoms with Gasteiger partial charge in [0.25, 0.3) is 0 Å². The first-order chi connectivity index (χ1) is 14.9. The zero-order valence-electron chi connectivity index (χ0n) is 17.1. The van der Waals surface area contributed by atoms with Crippen molar-refractivity contribution in [1.82, 2.24) is 9.88 Å². The molecule has 0 radical (unpaired) electrons. The molecule has 1 spiro atoms. The van der Waals surface area contributed by atoms with Crippen LogP contribution in [0.25, 0.3) is 10.9 Å².